The summed E-state index contributed by atoms with van der Waals surface area (Å²) in [7, 11) is 0. The topological polar surface area (TPSA) is 65.5 Å². The minimum absolute atomic E-state index is 0.198. The average Bonchev–Trinajstić information content (AvgIpc) is 2.90. The number of aliphatic hydroxyl groups excluding tert-OH is 1. The van der Waals surface area contributed by atoms with E-state index in [0.717, 1.165) is 18.9 Å². The van der Waals surface area contributed by atoms with Gasteiger partial charge < -0.3 is 15.3 Å². The third kappa shape index (κ3) is 3.20. The first-order valence-corrected chi connectivity index (χ1v) is 6.34. The summed E-state index contributed by atoms with van der Waals surface area (Å²) in [6.45, 7) is 3.98. The number of carbonyl (C=O) groups excluding carboxylic acids is 1. The summed E-state index contributed by atoms with van der Waals surface area (Å²) in [5, 5.41) is 11.7. The Bertz CT molecular complexity index is 397. The van der Waals surface area contributed by atoms with E-state index in [2.05, 4.69) is 15.2 Å². The Kier molecular flexibility index (Phi) is 4.15. The van der Waals surface area contributed by atoms with Crippen LogP contribution in [0.2, 0.25) is 0 Å². The Hall–Kier alpha value is -1.62. The van der Waals surface area contributed by atoms with Gasteiger partial charge in [0.1, 0.15) is 5.82 Å². The molecule has 1 saturated heterocycles. The van der Waals surface area contributed by atoms with Gasteiger partial charge in [-0.1, -0.05) is 0 Å². The molecular formula is C13H19N3O2. The fraction of sp³-hybridized carbons (Fsp3) is 0.538. The second-order valence-electron chi connectivity index (χ2n) is 4.66. The number of pyridine rings is 1. The van der Waals surface area contributed by atoms with E-state index >= 15 is 0 Å². The van der Waals surface area contributed by atoms with Crippen LogP contribution < -0.4 is 10.2 Å². The van der Waals surface area contributed by atoms with Gasteiger partial charge in [0.05, 0.1) is 11.7 Å². The first kappa shape index (κ1) is 12.8. The fourth-order valence-corrected chi connectivity index (χ4v) is 2.00. The molecule has 5 nitrogen and oxygen atoms in total. The highest BCUT2D eigenvalue weighted by molar-refractivity contribution is 5.94. The van der Waals surface area contributed by atoms with E-state index in [4.69, 9.17) is 5.11 Å². The number of nitrogens with one attached hydrogen (secondary N) is 1. The number of aromatic nitrogens is 1. The van der Waals surface area contributed by atoms with E-state index in [0.29, 0.717) is 5.56 Å². The fourth-order valence-electron chi connectivity index (χ4n) is 2.00. The third-order valence-corrected chi connectivity index (χ3v) is 3.00. The van der Waals surface area contributed by atoms with Crippen molar-refractivity contribution in [3.63, 3.8) is 0 Å². The third-order valence-electron chi connectivity index (χ3n) is 3.00. The first-order valence-electron chi connectivity index (χ1n) is 6.34. The number of amides is 1. The van der Waals surface area contributed by atoms with Crippen LogP contribution in [0.25, 0.3) is 0 Å². The zero-order valence-corrected chi connectivity index (χ0v) is 10.6. The minimum atomic E-state index is -0.536. The Morgan fingerprint density at radius 2 is 2.22 bits per heavy atom. The maximum Gasteiger partial charge on any atom is 0.252 e. The molecule has 0 aliphatic carbocycles. The summed E-state index contributed by atoms with van der Waals surface area (Å²) in [4.78, 5) is 18.2. The van der Waals surface area contributed by atoms with Crippen molar-refractivity contribution < 1.29 is 9.90 Å². The second-order valence-corrected chi connectivity index (χ2v) is 4.66. The van der Waals surface area contributed by atoms with Crippen LogP contribution in [0.1, 0.15) is 30.1 Å². The smallest absolute Gasteiger partial charge is 0.252 e. The number of carbonyl (C=O) groups is 1. The number of rotatable bonds is 4. The Labute approximate surface area is 107 Å². The van der Waals surface area contributed by atoms with Crippen molar-refractivity contribution in [2.45, 2.75) is 25.9 Å². The molecule has 1 atom stereocenters. The molecule has 1 aliphatic heterocycles. The lowest BCUT2D eigenvalue weighted by Gasteiger charge is -2.16. The molecule has 1 aromatic rings. The van der Waals surface area contributed by atoms with Crippen LogP contribution in [-0.2, 0) is 0 Å². The van der Waals surface area contributed by atoms with Crippen LogP contribution >= 0.6 is 0 Å². The van der Waals surface area contributed by atoms with Gasteiger partial charge in [0.2, 0.25) is 0 Å². The van der Waals surface area contributed by atoms with Crippen molar-refractivity contribution in [2.75, 3.05) is 24.5 Å². The summed E-state index contributed by atoms with van der Waals surface area (Å²) < 4.78 is 0. The molecule has 2 heterocycles. The SMILES string of the molecule is CC(O)CNC(=O)c1ccc(N2CCCC2)nc1. The largest absolute Gasteiger partial charge is 0.392 e. The molecule has 5 heteroatoms. The highest BCUT2D eigenvalue weighted by atomic mass is 16.3. The van der Waals surface area contributed by atoms with E-state index in [1.165, 1.54) is 12.8 Å². The van der Waals surface area contributed by atoms with E-state index in [1.54, 1.807) is 19.2 Å². The Morgan fingerprint density at radius 1 is 1.50 bits per heavy atom. The standard InChI is InChI=1S/C13H19N3O2/c1-10(17)8-15-13(18)11-4-5-12(14-9-11)16-6-2-3-7-16/h4-5,9-10,17H,2-3,6-8H2,1H3,(H,15,18). The molecule has 1 fully saturated rings. The van der Waals surface area contributed by atoms with E-state index < -0.39 is 6.10 Å². The summed E-state index contributed by atoms with van der Waals surface area (Å²) in [5.74, 6) is 0.732. The lowest BCUT2D eigenvalue weighted by atomic mass is 10.2. The van der Waals surface area contributed by atoms with Gasteiger partial charge in [-0.05, 0) is 31.9 Å². The number of nitrogens with zero attached hydrogens (tertiary/aromatic N) is 2. The van der Waals surface area contributed by atoms with Crippen LogP contribution in [0.3, 0.4) is 0 Å². The predicted octanol–water partition coefficient (Wildman–Crippen LogP) is 0.792. The van der Waals surface area contributed by atoms with Gasteiger partial charge in [-0.25, -0.2) is 4.98 Å². The van der Waals surface area contributed by atoms with Crippen LogP contribution in [-0.4, -0.2) is 41.7 Å². The molecule has 0 aromatic carbocycles. The van der Waals surface area contributed by atoms with Crippen molar-refractivity contribution in [1.29, 1.82) is 0 Å². The molecule has 0 saturated carbocycles. The number of hydrogen-bond acceptors (Lipinski definition) is 4. The minimum Gasteiger partial charge on any atom is -0.392 e. The molecule has 1 unspecified atom stereocenters. The molecule has 0 bridgehead atoms. The molecule has 0 radical (unpaired) electrons. The Morgan fingerprint density at radius 3 is 2.78 bits per heavy atom. The highest BCUT2D eigenvalue weighted by Gasteiger charge is 2.14. The summed E-state index contributed by atoms with van der Waals surface area (Å²) in [6.07, 6.45) is 3.47. The van der Waals surface area contributed by atoms with E-state index in [1.807, 2.05) is 6.07 Å². The molecule has 18 heavy (non-hydrogen) atoms. The average molecular weight is 249 g/mol. The molecule has 98 valence electrons. The van der Waals surface area contributed by atoms with Crippen molar-refractivity contribution in [3.05, 3.63) is 23.9 Å². The van der Waals surface area contributed by atoms with Crippen LogP contribution in [0.4, 0.5) is 5.82 Å². The normalized spacial score (nSPS) is 16.7. The zero-order valence-electron chi connectivity index (χ0n) is 10.6. The number of anilines is 1. The van der Waals surface area contributed by atoms with Crippen molar-refractivity contribution >= 4 is 11.7 Å². The summed E-state index contributed by atoms with van der Waals surface area (Å²) in [5.41, 5.74) is 0.526. The van der Waals surface area contributed by atoms with Gasteiger partial charge in [0.15, 0.2) is 0 Å². The van der Waals surface area contributed by atoms with Gasteiger partial charge in [0, 0.05) is 25.8 Å². The first-order chi connectivity index (χ1) is 8.66. The molecule has 1 amide bonds. The van der Waals surface area contributed by atoms with Gasteiger partial charge in [0.25, 0.3) is 5.91 Å². The maximum atomic E-state index is 11.7. The van der Waals surface area contributed by atoms with Gasteiger partial charge in [-0.3, -0.25) is 4.79 Å². The maximum absolute atomic E-state index is 11.7. The van der Waals surface area contributed by atoms with Gasteiger partial charge in [-0.2, -0.15) is 0 Å². The number of aliphatic hydroxyl groups is 1. The lowest BCUT2D eigenvalue weighted by molar-refractivity contribution is 0.0923. The predicted molar refractivity (Wildman–Crippen MR) is 69.7 cm³/mol. The second kappa shape index (κ2) is 5.82. The Balaban J connectivity index is 1.96. The van der Waals surface area contributed by atoms with Gasteiger partial charge in [-0.15, -0.1) is 0 Å². The summed E-state index contributed by atoms with van der Waals surface area (Å²) >= 11 is 0. The monoisotopic (exact) mass is 249 g/mol. The zero-order chi connectivity index (χ0) is 13.0. The van der Waals surface area contributed by atoms with Gasteiger partial charge >= 0.3 is 0 Å². The van der Waals surface area contributed by atoms with E-state index in [9.17, 15) is 4.79 Å². The van der Waals surface area contributed by atoms with Crippen LogP contribution in [0.15, 0.2) is 18.3 Å². The molecule has 2 N–H and O–H groups in total. The highest BCUT2D eigenvalue weighted by Crippen LogP contribution is 2.17. The van der Waals surface area contributed by atoms with Crippen LogP contribution in [0, 0.1) is 0 Å². The van der Waals surface area contributed by atoms with E-state index in [-0.39, 0.29) is 12.5 Å². The molecular weight excluding hydrogens is 230 g/mol. The van der Waals surface area contributed by atoms with Crippen molar-refractivity contribution in [2.24, 2.45) is 0 Å². The molecule has 1 aromatic heterocycles. The molecule has 0 spiro atoms. The van der Waals surface area contributed by atoms with Crippen molar-refractivity contribution in [1.82, 2.24) is 10.3 Å². The van der Waals surface area contributed by atoms with Crippen LogP contribution in [0.5, 0.6) is 0 Å². The lowest BCUT2D eigenvalue weighted by Crippen LogP contribution is -2.30. The molecule has 1 aliphatic rings. The number of hydrogen-bond donors (Lipinski definition) is 2. The summed E-state index contributed by atoms with van der Waals surface area (Å²) in [6, 6.07) is 3.65. The molecule has 2 rings (SSSR count). The van der Waals surface area contributed by atoms with Crippen molar-refractivity contribution in [3.8, 4) is 0 Å². The quantitative estimate of drug-likeness (QED) is 0.828.